The molecule has 8 heteroatoms. The summed E-state index contributed by atoms with van der Waals surface area (Å²) in [6, 6.07) is 19.7. The number of hydrogen-bond donors (Lipinski definition) is 3. The first-order valence-corrected chi connectivity index (χ1v) is 10.0. The standard InChI is InChI=1S/C24H18ClN3O4/c1-14-7-2-4-11-18(14)28-23(31)20(25)21(24(28)32)26-16-9-6-8-15(13-16)22(30)27-17-10-3-5-12-19(17)29/h2-13,26,29H,1H3,(H,27,30). The van der Waals surface area contributed by atoms with Crippen molar-refractivity contribution in [1.29, 1.82) is 0 Å². The zero-order valence-corrected chi connectivity index (χ0v) is 17.7. The molecule has 4 rings (SSSR count). The number of amides is 3. The van der Waals surface area contributed by atoms with Crippen molar-refractivity contribution in [2.45, 2.75) is 6.92 Å². The van der Waals surface area contributed by atoms with Crippen LogP contribution in [0.15, 0.2) is 83.5 Å². The third-order valence-corrected chi connectivity index (χ3v) is 5.28. The number of halogens is 1. The summed E-state index contributed by atoms with van der Waals surface area (Å²) < 4.78 is 0. The molecule has 0 unspecified atom stereocenters. The number of para-hydroxylation sites is 3. The van der Waals surface area contributed by atoms with Crippen molar-refractivity contribution in [1.82, 2.24) is 0 Å². The lowest BCUT2D eigenvalue weighted by atomic mass is 10.1. The maximum absolute atomic E-state index is 13.0. The highest BCUT2D eigenvalue weighted by molar-refractivity contribution is 6.53. The van der Waals surface area contributed by atoms with E-state index in [4.69, 9.17) is 11.6 Å². The van der Waals surface area contributed by atoms with Crippen molar-refractivity contribution in [3.05, 3.63) is 94.7 Å². The molecule has 0 bridgehead atoms. The highest BCUT2D eigenvalue weighted by Gasteiger charge is 2.39. The molecular weight excluding hydrogens is 430 g/mol. The molecule has 0 radical (unpaired) electrons. The van der Waals surface area contributed by atoms with Crippen LogP contribution in [0.2, 0.25) is 0 Å². The van der Waals surface area contributed by atoms with Crippen molar-refractivity contribution in [2.75, 3.05) is 15.5 Å². The number of nitrogens with one attached hydrogen (secondary N) is 2. The predicted octanol–water partition coefficient (Wildman–Crippen LogP) is 4.39. The van der Waals surface area contributed by atoms with Crippen molar-refractivity contribution < 1.29 is 19.5 Å². The van der Waals surface area contributed by atoms with Crippen molar-refractivity contribution in [3.63, 3.8) is 0 Å². The largest absolute Gasteiger partial charge is 0.506 e. The average Bonchev–Trinajstić information content (AvgIpc) is 2.99. The SMILES string of the molecule is Cc1ccccc1N1C(=O)C(Cl)=C(Nc2cccc(C(=O)Nc3ccccc3O)c2)C1=O. The van der Waals surface area contributed by atoms with E-state index in [0.717, 1.165) is 10.5 Å². The van der Waals surface area contributed by atoms with Crippen LogP contribution in [0.4, 0.5) is 17.1 Å². The number of benzene rings is 3. The molecule has 3 N–H and O–H groups in total. The number of phenolic OH excluding ortho intramolecular Hbond substituents is 1. The monoisotopic (exact) mass is 447 g/mol. The Bertz CT molecular complexity index is 1290. The molecule has 0 aromatic heterocycles. The molecule has 0 aliphatic carbocycles. The Hall–Kier alpha value is -4.10. The molecule has 1 heterocycles. The van der Waals surface area contributed by atoms with E-state index in [1.54, 1.807) is 61.5 Å². The zero-order valence-electron chi connectivity index (χ0n) is 16.9. The number of imide groups is 1. The van der Waals surface area contributed by atoms with Gasteiger partial charge in [0.2, 0.25) is 0 Å². The fourth-order valence-electron chi connectivity index (χ4n) is 3.30. The Morgan fingerprint density at radius 1 is 0.938 bits per heavy atom. The number of hydrogen-bond acceptors (Lipinski definition) is 5. The van der Waals surface area contributed by atoms with Gasteiger partial charge in [0.25, 0.3) is 17.7 Å². The maximum Gasteiger partial charge on any atom is 0.283 e. The molecule has 0 spiro atoms. The van der Waals surface area contributed by atoms with E-state index in [-0.39, 0.29) is 27.7 Å². The third-order valence-electron chi connectivity index (χ3n) is 4.93. The molecule has 0 saturated carbocycles. The number of phenols is 1. The summed E-state index contributed by atoms with van der Waals surface area (Å²) in [6.07, 6.45) is 0. The van der Waals surface area contributed by atoms with Gasteiger partial charge in [-0.25, -0.2) is 4.90 Å². The normalized spacial score (nSPS) is 13.5. The third kappa shape index (κ3) is 3.93. The Kier molecular flexibility index (Phi) is 5.66. The van der Waals surface area contributed by atoms with Crippen molar-refractivity contribution >= 4 is 46.4 Å². The minimum Gasteiger partial charge on any atom is -0.506 e. The van der Waals surface area contributed by atoms with Crippen LogP contribution >= 0.6 is 11.6 Å². The lowest BCUT2D eigenvalue weighted by Crippen LogP contribution is -2.32. The number of anilines is 3. The molecule has 160 valence electrons. The minimum atomic E-state index is -0.623. The van der Waals surface area contributed by atoms with Gasteiger partial charge < -0.3 is 15.7 Å². The summed E-state index contributed by atoms with van der Waals surface area (Å²) in [6.45, 7) is 1.79. The second kappa shape index (κ2) is 8.56. The summed E-state index contributed by atoms with van der Waals surface area (Å²) in [4.78, 5) is 39.3. The number of aromatic hydroxyl groups is 1. The second-order valence-electron chi connectivity index (χ2n) is 7.10. The van der Waals surface area contributed by atoms with Gasteiger partial charge in [-0.3, -0.25) is 14.4 Å². The Morgan fingerprint density at radius 2 is 1.66 bits per heavy atom. The molecule has 3 aromatic carbocycles. The molecule has 1 aliphatic rings. The Labute approximate surface area is 188 Å². The fourth-order valence-corrected chi connectivity index (χ4v) is 3.51. The smallest absolute Gasteiger partial charge is 0.283 e. The Balaban J connectivity index is 1.56. The van der Waals surface area contributed by atoms with Crippen LogP contribution in [-0.2, 0) is 9.59 Å². The molecule has 0 fully saturated rings. The van der Waals surface area contributed by atoms with Gasteiger partial charge >= 0.3 is 0 Å². The molecule has 3 aromatic rings. The molecule has 0 atom stereocenters. The average molecular weight is 448 g/mol. The van der Waals surface area contributed by atoms with Crippen LogP contribution in [-0.4, -0.2) is 22.8 Å². The molecule has 7 nitrogen and oxygen atoms in total. The molecule has 3 amide bonds. The lowest BCUT2D eigenvalue weighted by molar-refractivity contribution is -0.120. The first kappa shape index (κ1) is 21.1. The summed E-state index contributed by atoms with van der Waals surface area (Å²) in [5.74, 6) is -1.72. The van der Waals surface area contributed by atoms with Crippen LogP contribution < -0.4 is 15.5 Å². The quantitative estimate of drug-likeness (QED) is 0.398. The molecule has 0 saturated heterocycles. The summed E-state index contributed by atoms with van der Waals surface area (Å²) in [5.41, 5.74) is 2.08. The van der Waals surface area contributed by atoms with Gasteiger partial charge in [-0.05, 0) is 48.9 Å². The van der Waals surface area contributed by atoms with E-state index < -0.39 is 17.7 Å². The number of carbonyl (C=O) groups is 3. The fraction of sp³-hybridized carbons (Fsp3) is 0.0417. The zero-order chi connectivity index (χ0) is 22.8. The topological polar surface area (TPSA) is 98.7 Å². The van der Waals surface area contributed by atoms with Crippen LogP contribution in [0.5, 0.6) is 5.75 Å². The van der Waals surface area contributed by atoms with Crippen LogP contribution in [0.3, 0.4) is 0 Å². The van der Waals surface area contributed by atoms with Gasteiger partial charge in [-0.2, -0.15) is 0 Å². The molecule has 1 aliphatic heterocycles. The summed E-state index contributed by atoms with van der Waals surface area (Å²) in [5, 5.41) is 15.1. The van der Waals surface area contributed by atoms with Crippen LogP contribution in [0, 0.1) is 6.92 Å². The first-order valence-electron chi connectivity index (χ1n) is 9.67. The Morgan fingerprint density at radius 3 is 2.41 bits per heavy atom. The second-order valence-corrected chi connectivity index (χ2v) is 7.48. The number of carbonyl (C=O) groups excluding carboxylic acids is 3. The highest BCUT2D eigenvalue weighted by Crippen LogP contribution is 2.32. The lowest BCUT2D eigenvalue weighted by Gasteiger charge is -2.17. The molecular formula is C24H18ClN3O4. The van der Waals surface area contributed by atoms with E-state index >= 15 is 0 Å². The number of nitrogens with zero attached hydrogens (tertiary/aromatic N) is 1. The van der Waals surface area contributed by atoms with E-state index in [1.807, 2.05) is 6.07 Å². The van der Waals surface area contributed by atoms with E-state index in [2.05, 4.69) is 10.6 Å². The number of aryl methyl sites for hydroxylation is 1. The van der Waals surface area contributed by atoms with Gasteiger partial charge in [0.1, 0.15) is 16.5 Å². The van der Waals surface area contributed by atoms with Crippen LogP contribution in [0.1, 0.15) is 15.9 Å². The van der Waals surface area contributed by atoms with Gasteiger partial charge in [0.15, 0.2) is 0 Å². The van der Waals surface area contributed by atoms with Gasteiger partial charge in [-0.1, -0.05) is 48.0 Å². The van der Waals surface area contributed by atoms with E-state index in [9.17, 15) is 19.5 Å². The predicted molar refractivity (Wildman–Crippen MR) is 123 cm³/mol. The van der Waals surface area contributed by atoms with Gasteiger partial charge in [-0.15, -0.1) is 0 Å². The molecule has 32 heavy (non-hydrogen) atoms. The maximum atomic E-state index is 13.0. The highest BCUT2D eigenvalue weighted by atomic mass is 35.5. The summed E-state index contributed by atoms with van der Waals surface area (Å²) >= 11 is 6.20. The van der Waals surface area contributed by atoms with Crippen molar-refractivity contribution in [2.24, 2.45) is 0 Å². The summed E-state index contributed by atoms with van der Waals surface area (Å²) in [7, 11) is 0. The number of rotatable bonds is 5. The van der Waals surface area contributed by atoms with E-state index in [1.165, 1.54) is 12.1 Å². The van der Waals surface area contributed by atoms with Gasteiger partial charge in [0, 0.05) is 11.3 Å². The first-order chi connectivity index (χ1) is 15.4. The van der Waals surface area contributed by atoms with Crippen molar-refractivity contribution in [3.8, 4) is 5.75 Å². The van der Waals surface area contributed by atoms with Gasteiger partial charge in [0.05, 0.1) is 11.4 Å². The van der Waals surface area contributed by atoms with E-state index in [0.29, 0.717) is 11.4 Å². The van der Waals surface area contributed by atoms with Crippen LogP contribution in [0.25, 0.3) is 0 Å². The minimum absolute atomic E-state index is 0.0570.